The van der Waals surface area contributed by atoms with Crippen molar-refractivity contribution in [1.29, 1.82) is 0 Å². The van der Waals surface area contributed by atoms with Crippen LogP contribution in [0.1, 0.15) is 33.8 Å². The van der Waals surface area contributed by atoms with E-state index in [9.17, 15) is 4.79 Å². The van der Waals surface area contributed by atoms with Gasteiger partial charge in [0, 0.05) is 28.6 Å². The molecule has 0 fully saturated rings. The summed E-state index contributed by atoms with van der Waals surface area (Å²) in [6, 6.07) is 13.3. The van der Waals surface area contributed by atoms with Crippen molar-refractivity contribution < 1.29 is 17.8 Å². The number of ketones is 1. The fourth-order valence-electron chi connectivity index (χ4n) is 2.49. The highest BCUT2D eigenvalue weighted by Gasteiger charge is 2.30. The van der Waals surface area contributed by atoms with E-state index in [4.69, 9.17) is 36.2 Å². The summed E-state index contributed by atoms with van der Waals surface area (Å²) in [5.41, 5.74) is 2.96. The number of carbonyl (C=O) groups is 1. The molecule has 23 heavy (non-hydrogen) atoms. The van der Waals surface area contributed by atoms with Crippen LogP contribution in [0.2, 0.25) is 10.0 Å². The Kier molecular flexibility index (Phi) is 5.70. The van der Waals surface area contributed by atoms with Gasteiger partial charge < -0.3 is 0 Å². The zero-order valence-corrected chi connectivity index (χ0v) is 14.6. The number of halogens is 3. The van der Waals surface area contributed by atoms with Gasteiger partial charge in [-0.2, -0.15) is 8.42 Å². The summed E-state index contributed by atoms with van der Waals surface area (Å²) in [5, 5.41) is 1.07. The van der Waals surface area contributed by atoms with Gasteiger partial charge in [-0.05, 0) is 23.3 Å². The zero-order valence-electron chi connectivity index (χ0n) is 11.5. The molecule has 0 aromatic heterocycles. The van der Waals surface area contributed by atoms with Gasteiger partial charge in [-0.1, -0.05) is 53.5 Å². The smallest absolute Gasteiger partial charge is 0.294 e. The molecular weight excluding hydrogens is 383 g/mol. The predicted octanol–water partition coefficient (Wildman–Crippen LogP) is 4.74. The lowest BCUT2D eigenvalue weighted by Crippen LogP contribution is -1.96. The molecule has 1 aliphatic rings. The van der Waals surface area contributed by atoms with Crippen molar-refractivity contribution in [2.24, 2.45) is 0 Å². The quantitative estimate of drug-likeness (QED) is 0.561. The third-order valence-electron chi connectivity index (χ3n) is 3.37. The van der Waals surface area contributed by atoms with Gasteiger partial charge in [-0.3, -0.25) is 9.35 Å². The summed E-state index contributed by atoms with van der Waals surface area (Å²) in [6.45, 7) is 0. The summed E-state index contributed by atoms with van der Waals surface area (Å²) in [6.07, 6.45) is 0.511. The summed E-state index contributed by atoms with van der Waals surface area (Å²) < 4.78 is 25.2. The highest BCUT2D eigenvalue weighted by atomic mass is 35.7. The van der Waals surface area contributed by atoms with Gasteiger partial charge in [0.1, 0.15) is 0 Å². The standard InChI is InChI=1S/C15H10Cl2O.ClHO3S/c16-13-6-5-9(7-14(13)17)12-8-15(18)11-4-2-1-3-10(11)12;1-5(2,3)4/h1-7,12H,8H2;(H,2,3,4). The zero-order chi connectivity index (χ0) is 17.2. The molecule has 0 bridgehead atoms. The minimum absolute atomic E-state index is 0.100. The van der Waals surface area contributed by atoms with Crippen LogP contribution in [-0.4, -0.2) is 18.8 Å². The van der Waals surface area contributed by atoms with E-state index < -0.39 is 9.33 Å². The molecule has 0 aliphatic heterocycles. The summed E-state index contributed by atoms with van der Waals surface area (Å²) in [7, 11) is -0.137. The Morgan fingerprint density at radius 1 is 1.04 bits per heavy atom. The summed E-state index contributed by atoms with van der Waals surface area (Å²) >= 11 is 12.0. The summed E-state index contributed by atoms with van der Waals surface area (Å²) in [4.78, 5) is 11.9. The van der Waals surface area contributed by atoms with E-state index in [-0.39, 0.29) is 11.7 Å². The molecule has 122 valence electrons. The van der Waals surface area contributed by atoms with Crippen LogP contribution in [0.5, 0.6) is 0 Å². The van der Waals surface area contributed by atoms with E-state index in [0.717, 1.165) is 16.7 Å². The predicted molar refractivity (Wildman–Crippen MR) is 91.1 cm³/mol. The second kappa shape index (κ2) is 7.20. The first-order chi connectivity index (χ1) is 10.7. The molecule has 0 amide bonds. The molecule has 0 saturated carbocycles. The Bertz CT molecular complexity index is 842. The minimum Gasteiger partial charge on any atom is -0.294 e. The van der Waals surface area contributed by atoms with Crippen LogP contribution >= 0.6 is 33.9 Å². The molecular formula is C15H11Cl3O4S. The molecule has 2 aromatic carbocycles. The van der Waals surface area contributed by atoms with Crippen molar-refractivity contribution >= 4 is 49.0 Å². The van der Waals surface area contributed by atoms with Gasteiger partial charge in [0.2, 0.25) is 0 Å². The molecule has 3 rings (SSSR count). The SMILES string of the molecule is O=C1CC(c2ccc(Cl)c(Cl)c2)c2ccccc21.O=S(=O)(O)Cl. The number of hydrogen-bond donors (Lipinski definition) is 1. The number of benzene rings is 2. The lowest BCUT2D eigenvalue weighted by Gasteiger charge is -2.11. The molecule has 0 spiro atoms. The van der Waals surface area contributed by atoms with Crippen molar-refractivity contribution in [3.8, 4) is 0 Å². The Balaban J connectivity index is 0.000000338. The second-order valence-corrected chi connectivity index (χ2v) is 7.66. The first-order valence-electron chi connectivity index (χ1n) is 6.41. The van der Waals surface area contributed by atoms with E-state index in [2.05, 4.69) is 10.7 Å². The number of carbonyl (C=O) groups excluding carboxylic acids is 1. The number of hydrogen-bond acceptors (Lipinski definition) is 3. The fourth-order valence-corrected chi connectivity index (χ4v) is 2.79. The van der Waals surface area contributed by atoms with Gasteiger partial charge in [0.25, 0.3) is 0 Å². The topological polar surface area (TPSA) is 71.4 Å². The van der Waals surface area contributed by atoms with E-state index in [1.54, 1.807) is 6.07 Å². The number of Topliss-reactive ketones (excluding diaryl/α,β-unsaturated/α-hetero) is 1. The van der Waals surface area contributed by atoms with Crippen LogP contribution in [-0.2, 0) is 9.33 Å². The van der Waals surface area contributed by atoms with Crippen LogP contribution < -0.4 is 0 Å². The van der Waals surface area contributed by atoms with E-state index in [1.807, 2.05) is 36.4 Å². The molecule has 0 heterocycles. The first-order valence-corrected chi connectivity index (χ1v) is 9.43. The Morgan fingerprint density at radius 3 is 2.26 bits per heavy atom. The molecule has 1 atom stereocenters. The first kappa shape index (κ1) is 18.2. The Hall–Kier alpha value is -1.11. The van der Waals surface area contributed by atoms with Crippen LogP contribution in [0.4, 0.5) is 0 Å². The van der Waals surface area contributed by atoms with Crippen molar-refractivity contribution in [1.82, 2.24) is 0 Å². The van der Waals surface area contributed by atoms with Crippen molar-refractivity contribution in [3.63, 3.8) is 0 Å². The maximum atomic E-state index is 11.9. The van der Waals surface area contributed by atoms with E-state index in [1.165, 1.54) is 0 Å². The molecule has 0 radical (unpaired) electrons. The maximum Gasteiger partial charge on any atom is 0.353 e. The van der Waals surface area contributed by atoms with Crippen molar-refractivity contribution in [3.05, 3.63) is 69.2 Å². The van der Waals surface area contributed by atoms with E-state index >= 15 is 0 Å². The molecule has 1 unspecified atom stereocenters. The molecule has 2 aromatic rings. The van der Waals surface area contributed by atoms with Gasteiger partial charge in [-0.15, -0.1) is 0 Å². The molecule has 8 heteroatoms. The van der Waals surface area contributed by atoms with Gasteiger partial charge >= 0.3 is 9.33 Å². The molecule has 0 saturated heterocycles. The average Bonchev–Trinajstić information content (AvgIpc) is 2.78. The van der Waals surface area contributed by atoms with Crippen molar-refractivity contribution in [2.75, 3.05) is 0 Å². The highest BCUT2D eigenvalue weighted by Crippen LogP contribution is 2.39. The minimum atomic E-state index is -4.19. The molecule has 1 N–H and O–H groups in total. The van der Waals surface area contributed by atoms with Crippen LogP contribution in [0.15, 0.2) is 42.5 Å². The van der Waals surface area contributed by atoms with Gasteiger partial charge in [0.05, 0.1) is 10.0 Å². The molecule has 1 aliphatic carbocycles. The van der Waals surface area contributed by atoms with Gasteiger partial charge in [-0.25, -0.2) is 0 Å². The van der Waals surface area contributed by atoms with E-state index in [0.29, 0.717) is 16.5 Å². The fraction of sp³-hybridized carbons (Fsp3) is 0.133. The third kappa shape index (κ3) is 4.93. The van der Waals surface area contributed by atoms with Crippen LogP contribution in [0.25, 0.3) is 0 Å². The molecule has 4 nitrogen and oxygen atoms in total. The number of fused-ring (bicyclic) bond motifs is 1. The van der Waals surface area contributed by atoms with Crippen molar-refractivity contribution in [2.45, 2.75) is 12.3 Å². The average molecular weight is 394 g/mol. The maximum absolute atomic E-state index is 11.9. The highest BCUT2D eigenvalue weighted by molar-refractivity contribution is 8.09. The van der Waals surface area contributed by atoms with Crippen LogP contribution in [0.3, 0.4) is 0 Å². The second-order valence-electron chi connectivity index (χ2n) is 4.85. The Morgan fingerprint density at radius 2 is 1.65 bits per heavy atom. The number of rotatable bonds is 1. The summed E-state index contributed by atoms with van der Waals surface area (Å²) in [5.74, 6) is 0.296. The largest absolute Gasteiger partial charge is 0.353 e. The normalized spacial score (nSPS) is 16.5. The van der Waals surface area contributed by atoms with Crippen LogP contribution in [0, 0.1) is 0 Å². The lowest BCUT2D eigenvalue weighted by molar-refractivity contribution is 0.0991. The monoisotopic (exact) mass is 392 g/mol. The Labute approximate surface area is 148 Å². The lowest BCUT2D eigenvalue weighted by atomic mass is 9.93. The third-order valence-corrected chi connectivity index (χ3v) is 4.11. The van der Waals surface area contributed by atoms with Gasteiger partial charge in [0.15, 0.2) is 5.78 Å².